The molecule has 1 aromatic carbocycles. The third-order valence-corrected chi connectivity index (χ3v) is 4.20. The molecule has 2 rings (SSSR count). The van der Waals surface area contributed by atoms with Crippen molar-refractivity contribution in [3.8, 4) is 5.75 Å². The van der Waals surface area contributed by atoms with Crippen LogP contribution in [0.5, 0.6) is 5.75 Å². The third-order valence-electron chi connectivity index (χ3n) is 3.29. The van der Waals surface area contributed by atoms with Crippen molar-refractivity contribution in [1.82, 2.24) is 10.3 Å². The maximum Gasteiger partial charge on any atom is 0.355 e. The highest BCUT2D eigenvalue weighted by Crippen LogP contribution is 2.18. The Hall–Kier alpha value is -2.48. The van der Waals surface area contributed by atoms with E-state index in [0.717, 1.165) is 5.56 Å². The summed E-state index contributed by atoms with van der Waals surface area (Å²) in [4.78, 5) is 26.4. The minimum atomic E-state index is -1.06. The molecule has 1 aromatic heterocycles. The fourth-order valence-electron chi connectivity index (χ4n) is 2.04. The number of aromatic carboxylic acids is 1. The van der Waals surface area contributed by atoms with Gasteiger partial charge < -0.3 is 15.2 Å². The highest BCUT2D eigenvalue weighted by molar-refractivity contribution is 7.09. The second-order valence-electron chi connectivity index (χ2n) is 5.00. The van der Waals surface area contributed by atoms with Gasteiger partial charge in [-0.2, -0.15) is 0 Å². The lowest BCUT2D eigenvalue weighted by Crippen LogP contribution is -2.25. The lowest BCUT2D eigenvalue weighted by atomic mass is 10.1. The smallest absolute Gasteiger partial charge is 0.355 e. The largest absolute Gasteiger partial charge is 0.494 e. The van der Waals surface area contributed by atoms with Gasteiger partial charge in [-0.05, 0) is 24.1 Å². The number of carboxylic acids is 1. The molecule has 6 nitrogen and oxygen atoms in total. The van der Waals surface area contributed by atoms with E-state index in [1.807, 2.05) is 0 Å². The molecular formula is C16H17FN2O4S. The zero-order valence-corrected chi connectivity index (χ0v) is 13.9. The lowest BCUT2D eigenvalue weighted by Gasteiger charge is -2.06. The standard InChI is InChI=1S/C16H17FN2O4S/c1-23-13-4-2-10(8-11(13)17)3-5-14(20)18-7-6-15-19-12(9-24-15)16(21)22/h2,4,8-9H,3,5-7H2,1H3,(H,18,20)(H,21,22). The number of halogens is 1. The molecule has 0 atom stereocenters. The van der Waals surface area contributed by atoms with Gasteiger partial charge in [0.1, 0.15) is 0 Å². The number of aromatic nitrogens is 1. The van der Waals surface area contributed by atoms with Crippen LogP contribution in [0.2, 0.25) is 0 Å². The number of thiazole rings is 1. The summed E-state index contributed by atoms with van der Waals surface area (Å²) in [7, 11) is 1.40. The fraction of sp³-hybridized carbons (Fsp3) is 0.312. The number of methoxy groups -OCH3 is 1. The number of nitrogens with zero attached hydrogens (tertiary/aromatic N) is 1. The second-order valence-corrected chi connectivity index (χ2v) is 5.94. The van der Waals surface area contributed by atoms with Gasteiger partial charge in [0.25, 0.3) is 0 Å². The minimum absolute atomic E-state index is 0.0165. The average molecular weight is 352 g/mol. The Morgan fingerprint density at radius 2 is 2.17 bits per heavy atom. The summed E-state index contributed by atoms with van der Waals surface area (Å²) >= 11 is 1.25. The Labute approximate surface area is 142 Å². The SMILES string of the molecule is COc1ccc(CCC(=O)NCCc2nc(C(=O)O)cs2)cc1F. The van der Waals surface area contributed by atoms with Crippen molar-refractivity contribution >= 4 is 23.2 Å². The molecule has 2 N–H and O–H groups in total. The molecule has 24 heavy (non-hydrogen) atoms. The van der Waals surface area contributed by atoms with Crippen LogP contribution in [-0.4, -0.2) is 35.6 Å². The number of hydrogen-bond acceptors (Lipinski definition) is 5. The van der Waals surface area contributed by atoms with Gasteiger partial charge >= 0.3 is 5.97 Å². The maximum atomic E-state index is 13.6. The molecule has 1 amide bonds. The van der Waals surface area contributed by atoms with Crippen LogP contribution in [0.25, 0.3) is 0 Å². The number of benzene rings is 1. The number of carbonyl (C=O) groups is 2. The van der Waals surface area contributed by atoms with Crippen molar-refractivity contribution in [1.29, 1.82) is 0 Å². The van der Waals surface area contributed by atoms with E-state index < -0.39 is 11.8 Å². The highest BCUT2D eigenvalue weighted by atomic mass is 32.1. The molecule has 2 aromatic rings. The number of amides is 1. The van der Waals surface area contributed by atoms with E-state index in [2.05, 4.69) is 10.3 Å². The van der Waals surface area contributed by atoms with Gasteiger partial charge in [-0.25, -0.2) is 14.2 Å². The molecule has 0 fully saturated rings. The average Bonchev–Trinajstić information content (AvgIpc) is 3.02. The van der Waals surface area contributed by atoms with E-state index >= 15 is 0 Å². The zero-order chi connectivity index (χ0) is 17.5. The predicted octanol–water partition coefficient (Wildman–Crippen LogP) is 2.28. The van der Waals surface area contributed by atoms with Crippen LogP contribution in [0.15, 0.2) is 23.6 Å². The van der Waals surface area contributed by atoms with Gasteiger partial charge in [-0.15, -0.1) is 11.3 Å². The number of ether oxygens (including phenoxy) is 1. The lowest BCUT2D eigenvalue weighted by molar-refractivity contribution is -0.121. The van der Waals surface area contributed by atoms with Crippen LogP contribution in [0.1, 0.15) is 27.5 Å². The summed E-state index contributed by atoms with van der Waals surface area (Å²) in [6, 6.07) is 4.61. The number of carbonyl (C=O) groups excluding carboxylic acids is 1. The summed E-state index contributed by atoms with van der Waals surface area (Å²) in [6.45, 7) is 0.377. The molecule has 0 bridgehead atoms. The normalized spacial score (nSPS) is 10.4. The molecule has 0 aliphatic rings. The maximum absolute atomic E-state index is 13.6. The molecule has 0 spiro atoms. The molecule has 0 aliphatic heterocycles. The summed E-state index contributed by atoms with van der Waals surface area (Å²) in [6.07, 6.45) is 1.14. The molecule has 1 heterocycles. The monoisotopic (exact) mass is 352 g/mol. The quantitative estimate of drug-likeness (QED) is 0.761. The third kappa shape index (κ3) is 5.02. The first-order chi connectivity index (χ1) is 11.5. The number of carboxylic acid groups (broad SMARTS) is 1. The predicted molar refractivity (Wildman–Crippen MR) is 87.1 cm³/mol. The first-order valence-corrected chi connectivity index (χ1v) is 8.14. The van der Waals surface area contributed by atoms with Crippen molar-refractivity contribution in [2.45, 2.75) is 19.3 Å². The number of hydrogen-bond donors (Lipinski definition) is 2. The van der Waals surface area contributed by atoms with Gasteiger partial charge in [-0.3, -0.25) is 4.79 Å². The van der Waals surface area contributed by atoms with Gasteiger partial charge in [0.15, 0.2) is 17.3 Å². The van der Waals surface area contributed by atoms with E-state index in [0.29, 0.717) is 24.4 Å². The molecule has 0 saturated carbocycles. The number of aryl methyl sites for hydroxylation is 1. The van der Waals surface area contributed by atoms with Crippen molar-refractivity contribution in [2.75, 3.05) is 13.7 Å². The Morgan fingerprint density at radius 1 is 1.38 bits per heavy atom. The molecule has 8 heteroatoms. The zero-order valence-electron chi connectivity index (χ0n) is 13.0. The van der Waals surface area contributed by atoms with E-state index in [1.54, 1.807) is 6.07 Å². The van der Waals surface area contributed by atoms with Crippen molar-refractivity contribution in [2.24, 2.45) is 0 Å². The minimum Gasteiger partial charge on any atom is -0.494 e. The number of rotatable bonds is 8. The Kier molecular flexibility index (Phi) is 6.25. The first kappa shape index (κ1) is 17.9. The Morgan fingerprint density at radius 3 is 2.79 bits per heavy atom. The van der Waals surface area contributed by atoms with Gasteiger partial charge in [0, 0.05) is 24.8 Å². The highest BCUT2D eigenvalue weighted by Gasteiger charge is 2.09. The number of nitrogens with one attached hydrogen (secondary N) is 1. The molecule has 0 saturated heterocycles. The molecule has 0 unspecified atom stereocenters. The van der Waals surface area contributed by atoms with Crippen LogP contribution in [0.3, 0.4) is 0 Å². The van der Waals surface area contributed by atoms with Gasteiger partial charge in [0.05, 0.1) is 12.1 Å². The van der Waals surface area contributed by atoms with Crippen LogP contribution >= 0.6 is 11.3 Å². The Balaban J connectivity index is 1.73. The van der Waals surface area contributed by atoms with Crippen LogP contribution in [-0.2, 0) is 17.6 Å². The molecule has 0 radical (unpaired) electrons. The summed E-state index contributed by atoms with van der Waals surface area (Å²) in [5.74, 6) is -1.49. The van der Waals surface area contributed by atoms with Crippen LogP contribution < -0.4 is 10.1 Å². The fourth-order valence-corrected chi connectivity index (χ4v) is 2.82. The van der Waals surface area contributed by atoms with E-state index in [9.17, 15) is 14.0 Å². The second kappa shape index (κ2) is 8.39. The summed E-state index contributed by atoms with van der Waals surface area (Å²) in [5.41, 5.74) is 0.734. The van der Waals surface area contributed by atoms with E-state index in [1.165, 1.54) is 36.0 Å². The van der Waals surface area contributed by atoms with E-state index in [4.69, 9.17) is 9.84 Å². The first-order valence-electron chi connectivity index (χ1n) is 7.26. The summed E-state index contributed by atoms with van der Waals surface area (Å²) in [5, 5.41) is 13.6. The van der Waals surface area contributed by atoms with Gasteiger partial charge in [-0.1, -0.05) is 6.07 Å². The van der Waals surface area contributed by atoms with Crippen molar-refractivity contribution in [3.05, 3.63) is 45.7 Å². The van der Waals surface area contributed by atoms with Crippen LogP contribution in [0.4, 0.5) is 4.39 Å². The molecule has 0 aliphatic carbocycles. The summed E-state index contributed by atoms with van der Waals surface area (Å²) < 4.78 is 18.4. The topological polar surface area (TPSA) is 88.5 Å². The van der Waals surface area contributed by atoms with Crippen molar-refractivity contribution < 1.29 is 23.8 Å². The van der Waals surface area contributed by atoms with Crippen LogP contribution in [0, 0.1) is 5.82 Å². The van der Waals surface area contributed by atoms with E-state index in [-0.39, 0.29) is 23.8 Å². The van der Waals surface area contributed by atoms with Crippen molar-refractivity contribution in [3.63, 3.8) is 0 Å². The Bertz CT molecular complexity index is 733. The molecule has 128 valence electrons. The molecular weight excluding hydrogens is 335 g/mol. The van der Waals surface area contributed by atoms with Gasteiger partial charge in [0.2, 0.25) is 5.91 Å².